The fourth-order valence-electron chi connectivity index (χ4n) is 3.31. The second kappa shape index (κ2) is 7.97. The Balaban J connectivity index is 1.54. The maximum atomic E-state index is 14.2. The summed E-state index contributed by atoms with van der Waals surface area (Å²) in [4.78, 5) is 32.1. The van der Waals surface area contributed by atoms with Gasteiger partial charge >= 0.3 is 0 Å². The lowest BCUT2D eigenvalue weighted by molar-refractivity contribution is -0.116. The van der Waals surface area contributed by atoms with Crippen LogP contribution in [-0.4, -0.2) is 23.3 Å². The van der Waals surface area contributed by atoms with Gasteiger partial charge in [0.1, 0.15) is 5.82 Å². The Morgan fingerprint density at radius 3 is 2.72 bits per heavy atom. The highest BCUT2D eigenvalue weighted by Gasteiger charge is 2.23. The number of hydrogen-bond donors (Lipinski definition) is 0. The van der Waals surface area contributed by atoms with Crippen molar-refractivity contribution in [1.29, 1.82) is 0 Å². The molecule has 0 radical (unpaired) electrons. The van der Waals surface area contributed by atoms with Gasteiger partial charge in [-0.25, -0.2) is 9.37 Å². The van der Waals surface area contributed by atoms with Gasteiger partial charge in [0.05, 0.1) is 11.4 Å². The molecule has 0 unspecified atom stereocenters. The third kappa shape index (κ3) is 3.82. The molecule has 0 saturated heterocycles. The summed E-state index contributed by atoms with van der Waals surface area (Å²) in [5, 5.41) is 2.08. The zero-order valence-corrected chi connectivity index (χ0v) is 16.5. The normalized spacial score (nSPS) is 13.0. The number of nitrogens with zero attached hydrogens (tertiary/aromatic N) is 3. The molecular formula is C22H18FN3O2S. The SMILES string of the molecule is CC(=O)N(c1nc(C=CC(=O)N2CCc3ccccc32)cs1)c1ccccc1F. The monoisotopic (exact) mass is 407 g/mol. The molecule has 0 bridgehead atoms. The maximum Gasteiger partial charge on any atom is 0.251 e. The van der Waals surface area contributed by atoms with Crippen molar-refractivity contribution in [3.63, 3.8) is 0 Å². The molecule has 0 aliphatic carbocycles. The molecule has 7 heteroatoms. The molecule has 0 saturated carbocycles. The first-order valence-corrected chi connectivity index (χ1v) is 10.0. The first kappa shape index (κ1) is 19.0. The molecule has 1 aromatic heterocycles. The zero-order chi connectivity index (χ0) is 20.4. The van der Waals surface area contributed by atoms with Crippen LogP contribution in [0.15, 0.2) is 60.0 Å². The Kier molecular flexibility index (Phi) is 5.22. The van der Waals surface area contributed by atoms with Crippen molar-refractivity contribution in [2.45, 2.75) is 13.3 Å². The summed E-state index contributed by atoms with van der Waals surface area (Å²) in [6.45, 7) is 2.01. The van der Waals surface area contributed by atoms with E-state index in [0.29, 0.717) is 17.4 Å². The van der Waals surface area contributed by atoms with E-state index in [4.69, 9.17) is 0 Å². The summed E-state index contributed by atoms with van der Waals surface area (Å²) < 4.78 is 14.2. The number of thiazole rings is 1. The molecule has 0 N–H and O–H groups in total. The van der Waals surface area contributed by atoms with Gasteiger partial charge in [-0.05, 0) is 36.3 Å². The number of fused-ring (bicyclic) bond motifs is 1. The number of carbonyl (C=O) groups is 2. The molecule has 0 atom stereocenters. The van der Waals surface area contributed by atoms with E-state index in [1.165, 1.54) is 41.4 Å². The van der Waals surface area contributed by atoms with Crippen molar-refractivity contribution in [3.05, 3.63) is 77.1 Å². The van der Waals surface area contributed by atoms with E-state index in [2.05, 4.69) is 4.98 Å². The maximum absolute atomic E-state index is 14.2. The molecule has 2 aromatic carbocycles. The molecular weight excluding hydrogens is 389 g/mol. The summed E-state index contributed by atoms with van der Waals surface area (Å²) in [7, 11) is 0. The highest BCUT2D eigenvalue weighted by Crippen LogP contribution is 2.31. The number of hydrogen-bond acceptors (Lipinski definition) is 4. The molecule has 2 amide bonds. The predicted molar refractivity (Wildman–Crippen MR) is 113 cm³/mol. The number of carbonyl (C=O) groups excluding carboxylic acids is 2. The van der Waals surface area contributed by atoms with E-state index in [1.807, 2.05) is 24.3 Å². The Bertz CT molecular complexity index is 1110. The smallest absolute Gasteiger partial charge is 0.251 e. The molecule has 3 aromatic rings. The van der Waals surface area contributed by atoms with Crippen molar-refractivity contribution in [1.82, 2.24) is 4.98 Å². The van der Waals surface area contributed by atoms with Crippen LogP contribution >= 0.6 is 11.3 Å². The lowest BCUT2D eigenvalue weighted by atomic mass is 10.2. The lowest BCUT2D eigenvalue weighted by Crippen LogP contribution is -2.26. The van der Waals surface area contributed by atoms with Crippen molar-refractivity contribution in [2.24, 2.45) is 0 Å². The van der Waals surface area contributed by atoms with Gasteiger partial charge in [0.15, 0.2) is 5.13 Å². The van der Waals surface area contributed by atoms with Crippen LogP contribution in [0.2, 0.25) is 0 Å². The molecule has 0 spiro atoms. The Morgan fingerprint density at radius 1 is 1.17 bits per heavy atom. The van der Waals surface area contributed by atoms with E-state index in [0.717, 1.165) is 17.7 Å². The summed E-state index contributed by atoms with van der Waals surface area (Å²) in [6.07, 6.45) is 3.93. The first-order chi connectivity index (χ1) is 14.0. The van der Waals surface area contributed by atoms with Gasteiger partial charge in [0.2, 0.25) is 5.91 Å². The summed E-state index contributed by atoms with van der Waals surface area (Å²) >= 11 is 1.21. The molecule has 0 fully saturated rings. The van der Waals surface area contributed by atoms with Gasteiger partial charge in [-0.15, -0.1) is 11.3 Å². The molecule has 146 valence electrons. The number of aromatic nitrogens is 1. The van der Waals surface area contributed by atoms with E-state index in [-0.39, 0.29) is 17.5 Å². The third-order valence-electron chi connectivity index (χ3n) is 4.66. The van der Waals surface area contributed by atoms with Gasteiger partial charge in [0, 0.05) is 30.6 Å². The highest BCUT2D eigenvalue weighted by molar-refractivity contribution is 7.14. The van der Waals surface area contributed by atoms with Gasteiger partial charge in [-0.2, -0.15) is 0 Å². The Labute approximate surface area is 171 Å². The Hall–Kier alpha value is -3.32. The van der Waals surface area contributed by atoms with Gasteiger partial charge in [0.25, 0.3) is 5.91 Å². The molecule has 4 rings (SSSR count). The number of halogens is 1. The van der Waals surface area contributed by atoms with Crippen molar-refractivity contribution >= 4 is 45.7 Å². The van der Waals surface area contributed by atoms with E-state index in [1.54, 1.807) is 28.5 Å². The number of anilines is 3. The minimum absolute atomic E-state index is 0.123. The minimum atomic E-state index is -0.502. The molecule has 29 heavy (non-hydrogen) atoms. The summed E-state index contributed by atoms with van der Waals surface area (Å²) in [5.74, 6) is -0.968. The minimum Gasteiger partial charge on any atom is -0.308 e. The average molecular weight is 407 g/mol. The molecule has 1 aliphatic rings. The van der Waals surface area contributed by atoms with Crippen LogP contribution < -0.4 is 9.80 Å². The topological polar surface area (TPSA) is 53.5 Å². The van der Waals surface area contributed by atoms with E-state index >= 15 is 0 Å². The van der Waals surface area contributed by atoms with E-state index in [9.17, 15) is 14.0 Å². The molecule has 2 heterocycles. The van der Waals surface area contributed by atoms with Gasteiger partial charge in [-0.1, -0.05) is 30.3 Å². The van der Waals surface area contributed by atoms with Crippen LogP contribution in [0.5, 0.6) is 0 Å². The average Bonchev–Trinajstić information content (AvgIpc) is 3.35. The van der Waals surface area contributed by atoms with Crippen LogP contribution in [0.3, 0.4) is 0 Å². The molecule has 1 aliphatic heterocycles. The second-order valence-electron chi connectivity index (χ2n) is 6.56. The fraction of sp³-hybridized carbons (Fsp3) is 0.136. The second-order valence-corrected chi connectivity index (χ2v) is 7.40. The number of benzene rings is 2. The van der Waals surface area contributed by atoms with Gasteiger partial charge < -0.3 is 4.90 Å². The van der Waals surface area contributed by atoms with Crippen LogP contribution in [0.4, 0.5) is 20.9 Å². The van der Waals surface area contributed by atoms with Crippen molar-refractivity contribution in [3.8, 4) is 0 Å². The summed E-state index contributed by atoms with van der Waals surface area (Å²) in [6, 6.07) is 13.9. The Morgan fingerprint density at radius 2 is 1.93 bits per heavy atom. The standard InChI is InChI=1S/C22H18FN3O2S/c1-15(27)26(20-9-5-3-7-18(20)23)22-24-17(14-29-22)10-11-21(28)25-13-12-16-6-2-4-8-19(16)25/h2-11,14H,12-13H2,1H3. The predicted octanol–water partition coefficient (Wildman–Crippen LogP) is 4.57. The van der Waals surface area contributed by atoms with Crippen molar-refractivity contribution in [2.75, 3.05) is 16.3 Å². The van der Waals surface area contributed by atoms with Crippen LogP contribution in [-0.2, 0) is 16.0 Å². The number of rotatable bonds is 4. The van der Waals surface area contributed by atoms with Crippen LogP contribution in [0.25, 0.3) is 6.08 Å². The number of amides is 2. The fourth-order valence-corrected chi connectivity index (χ4v) is 4.16. The lowest BCUT2D eigenvalue weighted by Gasteiger charge is -2.18. The largest absolute Gasteiger partial charge is 0.308 e. The molecule has 5 nitrogen and oxygen atoms in total. The van der Waals surface area contributed by atoms with Crippen LogP contribution in [0.1, 0.15) is 18.2 Å². The third-order valence-corrected chi connectivity index (χ3v) is 5.50. The van der Waals surface area contributed by atoms with Gasteiger partial charge in [-0.3, -0.25) is 14.5 Å². The van der Waals surface area contributed by atoms with Crippen molar-refractivity contribution < 1.29 is 14.0 Å². The summed E-state index contributed by atoms with van der Waals surface area (Å²) in [5.41, 5.74) is 2.78. The highest BCUT2D eigenvalue weighted by atomic mass is 32.1. The number of para-hydroxylation sites is 2. The first-order valence-electron chi connectivity index (χ1n) is 9.13. The van der Waals surface area contributed by atoms with Crippen LogP contribution in [0, 0.1) is 5.82 Å². The zero-order valence-electron chi connectivity index (χ0n) is 15.7. The quantitative estimate of drug-likeness (QED) is 0.596. The van der Waals surface area contributed by atoms with E-state index < -0.39 is 5.82 Å².